The van der Waals surface area contributed by atoms with E-state index >= 15 is 0 Å². The van der Waals surface area contributed by atoms with Crippen molar-refractivity contribution in [2.75, 3.05) is 0 Å². The molecule has 2 nitrogen and oxygen atoms in total. The van der Waals surface area contributed by atoms with Gasteiger partial charge in [-0.05, 0) is 115 Å². The van der Waals surface area contributed by atoms with E-state index < -0.39 is 0 Å². The molecule has 0 atom stereocenters. The topological polar surface area (TPSA) is 29.5 Å². The van der Waals surface area contributed by atoms with Gasteiger partial charge in [-0.25, -0.2) is 0 Å². The first-order valence-corrected chi connectivity index (χ1v) is 10.9. The van der Waals surface area contributed by atoms with Crippen LogP contribution in [0.3, 0.4) is 0 Å². The Labute approximate surface area is 185 Å². The van der Waals surface area contributed by atoms with Crippen LogP contribution in [0.5, 0.6) is 11.5 Å². The summed E-state index contributed by atoms with van der Waals surface area (Å²) in [5, 5.41) is 12.2. The zero-order valence-corrected chi connectivity index (χ0v) is 19.0. The Hall–Kier alpha value is -3.26. The third-order valence-corrected chi connectivity index (χ3v) is 6.14. The first kappa shape index (κ1) is 21.0. The molecule has 0 saturated heterocycles. The molecule has 0 saturated carbocycles. The van der Waals surface area contributed by atoms with E-state index in [0.29, 0.717) is 5.75 Å². The molecule has 0 radical (unpaired) electrons. The van der Waals surface area contributed by atoms with Crippen LogP contribution in [0.2, 0.25) is 0 Å². The summed E-state index contributed by atoms with van der Waals surface area (Å²) in [7, 11) is 0. The lowest BCUT2D eigenvalue weighted by Crippen LogP contribution is -2.05. The van der Waals surface area contributed by atoms with Crippen LogP contribution in [0.1, 0.15) is 41.7 Å². The maximum absolute atomic E-state index is 10.00. The second-order valence-corrected chi connectivity index (χ2v) is 8.66. The molecule has 0 aliphatic heterocycles. The summed E-state index contributed by atoms with van der Waals surface area (Å²) in [6.07, 6.45) is 0.974. The summed E-state index contributed by atoms with van der Waals surface area (Å²) in [4.78, 5) is 0. The molecule has 0 heterocycles. The molecule has 0 spiro atoms. The standard InChI is InChI=1S/C29H30O2/c1-18(2)31-25-11-7-22(8-12-25)16-29-27-15-10-24(30)17-23(27)9-14-28(29)26-13-6-19(3)20(4)21(26)5/h6-15,17-18,30H,16H2,1-5H3. The molecule has 0 aromatic heterocycles. The SMILES string of the molecule is Cc1ccc(-c2ccc3cc(O)ccc3c2Cc2ccc(OC(C)C)cc2)c(C)c1C. The molecular formula is C29H30O2. The van der Waals surface area contributed by atoms with Gasteiger partial charge < -0.3 is 9.84 Å². The van der Waals surface area contributed by atoms with Gasteiger partial charge >= 0.3 is 0 Å². The maximum Gasteiger partial charge on any atom is 0.119 e. The number of phenols is 1. The highest BCUT2D eigenvalue weighted by atomic mass is 16.5. The number of hydrogen-bond donors (Lipinski definition) is 1. The van der Waals surface area contributed by atoms with Crippen molar-refractivity contribution in [1.29, 1.82) is 0 Å². The normalized spacial score (nSPS) is 11.3. The number of hydrogen-bond acceptors (Lipinski definition) is 2. The van der Waals surface area contributed by atoms with Gasteiger partial charge in [-0.15, -0.1) is 0 Å². The molecule has 0 amide bonds. The highest BCUT2D eigenvalue weighted by molar-refractivity contribution is 5.93. The third kappa shape index (κ3) is 4.29. The van der Waals surface area contributed by atoms with E-state index in [1.54, 1.807) is 6.07 Å². The van der Waals surface area contributed by atoms with Crippen LogP contribution in [-0.2, 0) is 6.42 Å². The highest BCUT2D eigenvalue weighted by Crippen LogP contribution is 2.36. The van der Waals surface area contributed by atoms with Crippen molar-refractivity contribution < 1.29 is 9.84 Å². The lowest BCUT2D eigenvalue weighted by atomic mass is 9.87. The monoisotopic (exact) mass is 410 g/mol. The summed E-state index contributed by atoms with van der Waals surface area (Å²) in [5.41, 5.74) is 9.01. The fourth-order valence-corrected chi connectivity index (χ4v) is 4.23. The highest BCUT2D eigenvalue weighted by Gasteiger charge is 2.14. The largest absolute Gasteiger partial charge is 0.508 e. The van der Waals surface area contributed by atoms with Gasteiger partial charge in [0.1, 0.15) is 11.5 Å². The molecule has 0 aliphatic rings. The molecule has 4 rings (SSSR count). The summed E-state index contributed by atoms with van der Waals surface area (Å²) < 4.78 is 5.81. The molecule has 4 aromatic carbocycles. The molecule has 2 heteroatoms. The fourth-order valence-electron chi connectivity index (χ4n) is 4.23. The molecule has 158 valence electrons. The third-order valence-electron chi connectivity index (χ3n) is 6.14. The maximum atomic E-state index is 10.00. The van der Waals surface area contributed by atoms with Crippen LogP contribution < -0.4 is 4.74 Å². The predicted octanol–water partition coefficient (Wildman–Crippen LogP) is 7.52. The van der Waals surface area contributed by atoms with Gasteiger partial charge in [0.05, 0.1) is 6.10 Å². The van der Waals surface area contributed by atoms with Crippen LogP contribution in [-0.4, -0.2) is 11.2 Å². The van der Waals surface area contributed by atoms with Gasteiger partial charge in [-0.3, -0.25) is 0 Å². The Bertz CT molecular complexity index is 1230. The number of ether oxygens (including phenoxy) is 1. The predicted molar refractivity (Wildman–Crippen MR) is 130 cm³/mol. The van der Waals surface area contributed by atoms with Gasteiger partial charge in [0.15, 0.2) is 0 Å². The number of benzene rings is 4. The van der Waals surface area contributed by atoms with Gasteiger partial charge in [-0.2, -0.15) is 0 Å². The van der Waals surface area contributed by atoms with Gasteiger partial charge in [-0.1, -0.05) is 42.5 Å². The van der Waals surface area contributed by atoms with Crippen LogP contribution in [0.4, 0.5) is 0 Å². The molecule has 31 heavy (non-hydrogen) atoms. The fraction of sp³-hybridized carbons (Fsp3) is 0.241. The van der Waals surface area contributed by atoms with Crippen molar-refractivity contribution in [2.45, 2.75) is 47.1 Å². The van der Waals surface area contributed by atoms with Crippen molar-refractivity contribution in [3.8, 4) is 22.6 Å². The molecule has 0 bridgehead atoms. The Balaban J connectivity index is 1.85. The van der Waals surface area contributed by atoms with Gasteiger partial charge in [0.25, 0.3) is 0 Å². The quantitative estimate of drug-likeness (QED) is 0.369. The van der Waals surface area contributed by atoms with Crippen molar-refractivity contribution >= 4 is 10.8 Å². The van der Waals surface area contributed by atoms with Gasteiger partial charge in [0.2, 0.25) is 0 Å². The van der Waals surface area contributed by atoms with E-state index in [-0.39, 0.29) is 6.10 Å². The van der Waals surface area contributed by atoms with E-state index in [1.807, 2.05) is 38.1 Å². The number of aryl methyl sites for hydroxylation is 1. The van der Waals surface area contributed by atoms with Crippen LogP contribution in [0.25, 0.3) is 21.9 Å². The Kier molecular flexibility index (Phi) is 5.73. The summed E-state index contributed by atoms with van der Waals surface area (Å²) in [5.74, 6) is 1.19. The smallest absolute Gasteiger partial charge is 0.119 e. The zero-order valence-electron chi connectivity index (χ0n) is 19.0. The van der Waals surface area contributed by atoms with Crippen LogP contribution in [0.15, 0.2) is 66.7 Å². The molecule has 0 aliphatic carbocycles. The van der Waals surface area contributed by atoms with E-state index in [2.05, 4.69) is 57.2 Å². The van der Waals surface area contributed by atoms with E-state index in [0.717, 1.165) is 17.6 Å². The number of aromatic hydroxyl groups is 1. The summed E-state index contributed by atoms with van der Waals surface area (Å²) in [6.45, 7) is 10.6. The van der Waals surface area contributed by atoms with E-state index in [9.17, 15) is 5.11 Å². The van der Waals surface area contributed by atoms with Gasteiger partial charge in [0, 0.05) is 0 Å². The second-order valence-electron chi connectivity index (χ2n) is 8.66. The summed E-state index contributed by atoms with van der Waals surface area (Å²) in [6, 6.07) is 22.8. The minimum absolute atomic E-state index is 0.163. The van der Waals surface area contributed by atoms with Crippen molar-refractivity contribution in [2.24, 2.45) is 0 Å². The molecular weight excluding hydrogens is 380 g/mol. The average Bonchev–Trinajstić information content (AvgIpc) is 2.73. The molecule has 4 aromatic rings. The van der Waals surface area contributed by atoms with Crippen molar-refractivity contribution in [3.63, 3.8) is 0 Å². The zero-order chi connectivity index (χ0) is 22.1. The minimum atomic E-state index is 0.163. The van der Waals surface area contributed by atoms with E-state index in [4.69, 9.17) is 4.74 Å². The Morgan fingerprint density at radius 1 is 0.774 bits per heavy atom. The van der Waals surface area contributed by atoms with Crippen LogP contribution >= 0.6 is 0 Å². The molecule has 1 N–H and O–H groups in total. The number of phenolic OH excluding ortho intramolecular Hbond substituents is 1. The molecule has 0 unspecified atom stereocenters. The first-order valence-electron chi connectivity index (χ1n) is 10.9. The lowest BCUT2D eigenvalue weighted by molar-refractivity contribution is 0.242. The lowest BCUT2D eigenvalue weighted by Gasteiger charge is -2.18. The summed E-state index contributed by atoms with van der Waals surface area (Å²) >= 11 is 0. The second kappa shape index (κ2) is 8.47. The number of rotatable bonds is 5. The minimum Gasteiger partial charge on any atom is -0.508 e. The molecule has 0 fully saturated rings. The van der Waals surface area contributed by atoms with Crippen LogP contribution in [0, 0.1) is 20.8 Å². The van der Waals surface area contributed by atoms with Crippen molar-refractivity contribution in [3.05, 3.63) is 94.5 Å². The van der Waals surface area contributed by atoms with Crippen molar-refractivity contribution in [1.82, 2.24) is 0 Å². The number of fused-ring (bicyclic) bond motifs is 1. The average molecular weight is 411 g/mol. The Morgan fingerprint density at radius 3 is 2.19 bits per heavy atom. The van der Waals surface area contributed by atoms with E-state index in [1.165, 1.54) is 44.3 Å². The Morgan fingerprint density at radius 2 is 1.48 bits per heavy atom. The first-order chi connectivity index (χ1) is 14.8.